The Morgan fingerprint density at radius 3 is 2.81 bits per heavy atom. The summed E-state index contributed by atoms with van der Waals surface area (Å²) in [7, 11) is 1.61. The fourth-order valence-electron chi connectivity index (χ4n) is 3.01. The number of rotatable bonds is 3. The van der Waals surface area contributed by atoms with Gasteiger partial charge in [0.1, 0.15) is 11.4 Å². The van der Waals surface area contributed by atoms with Gasteiger partial charge in [0.15, 0.2) is 0 Å². The highest BCUT2D eigenvalue weighted by molar-refractivity contribution is 5.68. The quantitative estimate of drug-likeness (QED) is 0.828. The average Bonchev–Trinajstić information content (AvgIpc) is 3.10. The zero-order valence-corrected chi connectivity index (χ0v) is 15.7. The Morgan fingerprint density at radius 1 is 1.31 bits per heavy atom. The van der Waals surface area contributed by atoms with Crippen LogP contribution in [0, 0.1) is 0 Å². The number of aromatic nitrogens is 2. The molecule has 1 atom stereocenters. The average molecular weight is 359 g/mol. The number of benzene rings is 1. The standard InChI is InChI=1S/C19H25N3O4/c1-19(2,3)25-18(23)22-11-7-8-13(12-22)17-20-16(21-26-17)14-9-5-6-10-15(14)24-4/h5-6,9-10,13H,7-8,11-12H2,1-4H3. The molecule has 0 bridgehead atoms. The number of methoxy groups -OCH3 is 1. The fourth-order valence-corrected chi connectivity index (χ4v) is 3.01. The lowest BCUT2D eigenvalue weighted by Gasteiger charge is -2.32. The SMILES string of the molecule is COc1ccccc1-c1noc(C2CCCN(C(=O)OC(C)(C)C)C2)n1. The Bertz CT molecular complexity index is 766. The van der Waals surface area contributed by atoms with E-state index in [4.69, 9.17) is 14.0 Å². The minimum absolute atomic E-state index is 0.00669. The van der Waals surface area contributed by atoms with Crippen molar-refractivity contribution < 1.29 is 18.8 Å². The highest BCUT2D eigenvalue weighted by Crippen LogP contribution is 2.31. The minimum atomic E-state index is -0.508. The lowest BCUT2D eigenvalue weighted by atomic mass is 9.98. The number of para-hydroxylation sites is 1. The lowest BCUT2D eigenvalue weighted by molar-refractivity contribution is 0.0189. The maximum atomic E-state index is 12.3. The minimum Gasteiger partial charge on any atom is -0.496 e. The van der Waals surface area contributed by atoms with E-state index in [2.05, 4.69) is 10.1 Å². The van der Waals surface area contributed by atoms with Gasteiger partial charge in [0.25, 0.3) is 0 Å². The van der Waals surface area contributed by atoms with Crippen molar-refractivity contribution in [1.82, 2.24) is 15.0 Å². The van der Waals surface area contributed by atoms with Gasteiger partial charge in [0.2, 0.25) is 11.7 Å². The number of likely N-dealkylation sites (tertiary alicyclic amines) is 1. The first-order valence-corrected chi connectivity index (χ1v) is 8.82. The first-order chi connectivity index (χ1) is 12.4. The molecule has 0 aliphatic carbocycles. The van der Waals surface area contributed by atoms with Gasteiger partial charge in [-0.3, -0.25) is 0 Å². The van der Waals surface area contributed by atoms with Gasteiger partial charge in [-0.2, -0.15) is 4.98 Å². The molecule has 1 saturated heterocycles. The zero-order valence-electron chi connectivity index (χ0n) is 15.7. The predicted molar refractivity (Wildman–Crippen MR) is 96.1 cm³/mol. The van der Waals surface area contributed by atoms with E-state index in [9.17, 15) is 4.79 Å². The molecule has 2 aromatic rings. The lowest BCUT2D eigenvalue weighted by Crippen LogP contribution is -2.42. The van der Waals surface area contributed by atoms with E-state index in [-0.39, 0.29) is 12.0 Å². The van der Waals surface area contributed by atoms with Crippen molar-refractivity contribution in [3.8, 4) is 17.1 Å². The topological polar surface area (TPSA) is 77.7 Å². The van der Waals surface area contributed by atoms with E-state index >= 15 is 0 Å². The summed E-state index contributed by atoms with van der Waals surface area (Å²) < 4.78 is 16.3. The number of ether oxygens (including phenoxy) is 2. The number of amides is 1. The second-order valence-electron chi connectivity index (χ2n) is 7.42. The zero-order chi connectivity index (χ0) is 18.7. The summed E-state index contributed by atoms with van der Waals surface area (Å²) >= 11 is 0. The van der Waals surface area contributed by atoms with Crippen molar-refractivity contribution in [2.24, 2.45) is 0 Å². The molecule has 0 N–H and O–H groups in total. The molecule has 1 fully saturated rings. The molecule has 1 aliphatic rings. The smallest absolute Gasteiger partial charge is 0.410 e. The molecule has 0 saturated carbocycles. The van der Waals surface area contributed by atoms with Crippen LogP contribution < -0.4 is 4.74 Å². The van der Waals surface area contributed by atoms with Crippen LogP contribution >= 0.6 is 0 Å². The Balaban J connectivity index is 1.74. The van der Waals surface area contributed by atoms with E-state index in [1.165, 1.54) is 0 Å². The number of hydrogen-bond donors (Lipinski definition) is 0. The number of carbonyl (C=O) groups excluding carboxylic acids is 1. The summed E-state index contributed by atoms with van der Waals surface area (Å²) in [6, 6.07) is 7.54. The van der Waals surface area contributed by atoms with Crippen LogP contribution in [-0.2, 0) is 4.74 Å². The molecule has 26 heavy (non-hydrogen) atoms. The van der Waals surface area contributed by atoms with Gasteiger partial charge in [0, 0.05) is 13.1 Å². The van der Waals surface area contributed by atoms with E-state index in [0.29, 0.717) is 30.6 Å². The number of hydrogen-bond acceptors (Lipinski definition) is 6. The van der Waals surface area contributed by atoms with Crippen LogP contribution in [0.15, 0.2) is 28.8 Å². The normalized spacial score (nSPS) is 17.8. The molecular formula is C19H25N3O4. The fraction of sp³-hybridized carbons (Fsp3) is 0.526. The number of piperidine rings is 1. The van der Waals surface area contributed by atoms with Crippen molar-refractivity contribution in [2.45, 2.75) is 45.1 Å². The Hall–Kier alpha value is -2.57. The van der Waals surface area contributed by atoms with Crippen LogP contribution in [0.5, 0.6) is 5.75 Å². The third-order valence-electron chi connectivity index (χ3n) is 4.21. The molecule has 0 radical (unpaired) electrons. The molecule has 1 aromatic heterocycles. The first-order valence-electron chi connectivity index (χ1n) is 8.82. The van der Waals surface area contributed by atoms with E-state index in [0.717, 1.165) is 18.4 Å². The Morgan fingerprint density at radius 2 is 2.08 bits per heavy atom. The molecule has 7 heteroatoms. The van der Waals surface area contributed by atoms with Crippen molar-refractivity contribution in [1.29, 1.82) is 0 Å². The summed E-state index contributed by atoms with van der Waals surface area (Å²) in [6.07, 6.45) is 1.47. The Kier molecular flexibility index (Phi) is 5.15. The maximum Gasteiger partial charge on any atom is 0.410 e. The van der Waals surface area contributed by atoms with Gasteiger partial charge in [-0.25, -0.2) is 4.79 Å². The van der Waals surface area contributed by atoms with Crippen molar-refractivity contribution in [3.05, 3.63) is 30.2 Å². The summed E-state index contributed by atoms with van der Waals surface area (Å²) in [5, 5.41) is 4.10. The second kappa shape index (κ2) is 7.35. The molecule has 1 aliphatic heterocycles. The summed E-state index contributed by atoms with van der Waals surface area (Å²) in [4.78, 5) is 18.6. The molecule has 1 unspecified atom stereocenters. The molecular weight excluding hydrogens is 334 g/mol. The number of nitrogens with zero attached hydrogens (tertiary/aromatic N) is 3. The highest BCUT2D eigenvalue weighted by atomic mass is 16.6. The first kappa shape index (κ1) is 18.2. The second-order valence-corrected chi connectivity index (χ2v) is 7.42. The van der Waals surface area contributed by atoms with Crippen molar-refractivity contribution in [2.75, 3.05) is 20.2 Å². The molecule has 2 heterocycles. The Labute approximate surface area is 153 Å². The van der Waals surface area contributed by atoms with Crippen LogP contribution in [-0.4, -0.2) is 46.9 Å². The molecule has 140 valence electrons. The summed E-state index contributed by atoms with van der Waals surface area (Å²) in [5.41, 5.74) is 0.274. The van der Waals surface area contributed by atoms with Crippen LogP contribution in [0.3, 0.4) is 0 Å². The van der Waals surface area contributed by atoms with Gasteiger partial charge in [-0.15, -0.1) is 0 Å². The number of carbonyl (C=O) groups is 1. The molecule has 1 amide bonds. The molecule has 0 spiro atoms. The monoisotopic (exact) mass is 359 g/mol. The third-order valence-corrected chi connectivity index (χ3v) is 4.21. The van der Waals surface area contributed by atoms with Gasteiger partial charge < -0.3 is 18.9 Å². The summed E-state index contributed by atoms with van der Waals surface area (Å²) in [6.45, 7) is 6.79. The van der Waals surface area contributed by atoms with Crippen LogP contribution in [0.2, 0.25) is 0 Å². The molecule has 7 nitrogen and oxygen atoms in total. The van der Waals surface area contributed by atoms with Crippen molar-refractivity contribution in [3.63, 3.8) is 0 Å². The van der Waals surface area contributed by atoms with Crippen LogP contribution in [0.25, 0.3) is 11.4 Å². The van der Waals surface area contributed by atoms with E-state index in [1.807, 2.05) is 45.0 Å². The van der Waals surface area contributed by atoms with Crippen LogP contribution in [0.4, 0.5) is 4.79 Å². The molecule has 3 rings (SSSR count). The largest absolute Gasteiger partial charge is 0.496 e. The van der Waals surface area contributed by atoms with E-state index < -0.39 is 5.60 Å². The maximum absolute atomic E-state index is 12.3. The van der Waals surface area contributed by atoms with Gasteiger partial charge in [-0.1, -0.05) is 17.3 Å². The van der Waals surface area contributed by atoms with Gasteiger partial charge in [0.05, 0.1) is 18.6 Å². The van der Waals surface area contributed by atoms with E-state index in [1.54, 1.807) is 12.0 Å². The van der Waals surface area contributed by atoms with Gasteiger partial charge in [-0.05, 0) is 45.7 Å². The third kappa shape index (κ3) is 4.15. The van der Waals surface area contributed by atoms with Crippen LogP contribution in [0.1, 0.15) is 45.4 Å². The highest BCUT2D eigenvalue weighted by Gasteiger charge is 2.31. The van der Waals surface area contributed by atoms with Crippen molar-refractivity contribution >= 4 is 6.09 Å². The van der Waals surface area contributed by atoms with Gasteiger partial charge >= 0.3 is 6.09 Å². The molecule has 1 aromatic carbocycles. The summed E-state index contributed by atoms with van der Waals surface area (Å²) in [5.74, 6) is 1.73. The predicted octanol–water partition coefficient (Wildman–Crippen LogP) is 3.86.